The summed E-state index contributed by atoms with van der Waals surface area (Å²) in [6.45, 7) is 5.85. The SMILES string of the molecule is COC(=O)c1cccc(NC(=O)COc2cc(C(C)C)ccc2C)c1O. The van der Waals surface area contributed by atoms with Crippen LogP contribution in [0, 0.1) is 6.92 Å². The number of esters is 1. The van der Waals surface area contributed by atoms with Crippen LogP contribution in [0.3, 0.4) is 0 Å². The Morgan fingerprint density at radius 3 is 2.58 bits per heavy atom. The number of hydrogen-bond acceptors (Lipinski definition) is 5. The molecule has 0 saturated carbocycles. The van der Waals surface area contributed by atoms with Crippen molar-refractivity contribution in [3.05, 3.63) is 53.1 Å². The lowest BCUT2D eigenvalue weighted by Crippen LogP contribution is -2.21. The zero-order chi connectivity index (χ0) is 19.3. The van der Waals surface area contributed by atoms with Gasteiger partial charge in [0.25, 0.3) is 5.91 Å². The fraction of sp³-hybridized carbons (Fsp3) is 0.300. The lowest BCUT2D eigenvalue weighted by atomic mass is 10.0. The number of carbonyl (C=O) groups excluding carboxylic acids is 2. The van der Waals surface area contributed by atoms with Crippen molar-refractivity contribution >= 4 is 17.6 Å². The van der Waals surface area contributed by atoms with Gasteiger partial charge in [0.2, 0.25) is 0 Å². The Labute approximate surface area is 152 Å². The van der Waals surface area contributed by atoms with E-state index >= 15 is 0 Å². The van der Waals surface area contributed by atoms with Crippen molar-refractivity contribution in [2.24, 2.45) is 0 Å². The van der Waals surface area contributed by atoms with Gasteiger partial charge in [-0.15, -0.1) is 0 Å². The Hall–Kier alpha value is -3.02. The standard InChI is InChI=1S/C20H23NO5/c1-12(2)14-9-8-13(3)17(10-14)26-11-18(22)21-16-7-5-6-15(19(16)23)20(24)25-4/h5-10,12,23H,11H2,1-4H3,(H,21,22). The molecule has 0 bridgehead atoms. The monoisotopic (exact) mass is 357 g/mol. The maximum atomic E-state index is 12.2. The molecule has 0 spiro atoms. The van der Waals surface area contributed by atoms with E-state index in [1.165, 1.54) is 19.2 Å². The molecule has 26 heavy (non-hydrogen) atoms. The van der Waals surface area contributed by atoms with E-state index in [4.69, 9.17) is 4.74 Å². The first-order valence-corrected chi connectivity index (χ1v) is 8.27. The second-order valence-corrected chi connectivity index (χ2v) is 6.21. The Morgan fingerprint density at radius 2 is 1.92 bits per heavy atom. The number of anilines is 1. The molecule has 0 aliphatic carbocycles. The van der Waals surface area contributed by atoms with Gasteiger partial charge in [-0.3, -0.25) is 4.79 Å². The number of phenols is 1. The molecule has 138 valence electrons. The second kappa shape index (κ2) is 8.38. The van der Waals surface area contributed by atoms with E-state index in [-0.39, 0.29) is 23.6 Å². The Bertz CT molecular complexity index is 814. The van der Waals surface area contributed by atoms with Crippen molar-refractivity contribution in [2.75, 3.05) is 19.0 Å². The maximum absolute atomic E-state index is 12.2. The van der Waals surface area contributed by atoms with Crippen molar-refractivity contribution in [2.45, 2.75) is 26.7 Å². The molecule has 6 nitrogen and oxygen atoms in total. The molecule has 0 aliphatic heterocycles. The number of aryl methyl sites for hydroxylation is 1. The lowest BCUT2D eigenvalue weighted by Gasteiger charge is -2.13. The third-order valence-corrected chi connectivity index (χ3v) is 3.95. The van der Waals surface area contributed by atoms with Crippen LogP contribution >= 0.6 is 0 Å². The normalized spacial score (nSPS) is 10.5. The average Bonchev–Trinajstić information content (AvgIpc) is 2.62. The van der Waals surface area contributed by atoms with Crippen LogP contribution < -0.4 is 10.1 Å². The van der Waals surface area contributed by atoms with Crippen LogP contribution in [0.1, 0.15) is 41.3 Å². The van der Waals surface area contributed by atoms with Crippen LogP contribution in [-0.4, -0.2) is 30.7 Å². The number of para-hydroxylation sites is 1. The highest BCUT2D eigenvalue weighted by molar-refractivity contribution is 5.98. The molecular weight excluding hydrogens is 334 g/mol. The number of hydrogen-bond donors (Lipinski definition) is 2. The molecular formula is C20H23NO5. The predicted octanol–water partition coefficient (Wildman–Crippen LogP) is 3.63. The molecule has 0 aromatic heterocycles. The zero-order valence-corrected chi connectivity index (χ0v) is 15.3. The molecule has 0 saturated heterocycles. The number of ether oxygens (including phenoxy) is 2. The van der Waals surface area contributed by atoms with E-state index in [2.05, 4.69) is 23.9 Å². The van der Waals surface area contributed by atoms with Gasteiger partial charge in [-0.2, -0.15) is 0 Å². The summed E-state index contributed by atoms with van der Waals surface area (Å²) >= 11 is 0. The third-order valence-electron chi connectivity index (χ3n) is 3.95. The number of amides is 1. The minimum absolute atomic E-state index is 0.0216. The summed E-state index contributed by atoms with van der Waals surface area (Å²) < 4.78 is 10.2. The van der Waals surface area contributed by atoms with Crippen molar-refractivity contribution in [3.8, 4) is 11.5 Å². The van der Waals surface area contributed by atoms with E-state index in [9.17, 15) is 14.7 Å². The van der Waals surface area contributed by atoms with Crippen molar-refractivity contribution in [1.29, 1.82) is 0 Å². The molecule has 2 aromatic carbocycles. The van der Waals surface area contributed by atoms with Gasteiger partial charge in [-0.1, -0.05) is 32.0 Å². The van der Waals surface area contributed by atoms with E-state index < -0.39 is 11.9 Å². The van der Waals surface area contributed by atoms with Gasteiger partial charge in [0.05, 0.1) is 12.8 Å². The fourth-order valence-electron chi connectivity index (χ4n) is 2.38. The number of nitrogens with one attached hydrogen (secondary N) is 1. The van der Waals surface area contributed by atoms with Crippen molar-refractivity contribution in [1.82, 2.24) is 0 Å². The molecule has 0 atom stereocenters. The van der Waals surface area contributed by atoms with Gasteiger partial charge < -0.3 is 19.9 Å². The van der Waals surface area contributed by atoms with Gasteiger partial charge in [-0.25, -0.2) is 4.79 Å². The smallest absolute Gasteiger partial charge is 0.341 e. The molecule has 1 amide bonds. The Kier molecular flexibility index (Phi) is 6.22. The summed E-state index contributed by atoms with van der Waals surface area (Å²) in [5, 5.41) is 12.6. The predicted molar refractivity (Wildman–Crippen MR) is 98.8 cm³/mol. The van der Waals surface area contributed by atoms with Gasteiger partial charge in [-0.05, 0) is 42.2 Å². The van der Waals surface area contributed by atoms with Gasteiger partial charge in [0.1, 0.15) is 11.3 Å². The van der Waals surface area contributed by atoms with Gasteiger partial charge in [0.15, 0.2) is 12.4 Å². The molecule has 0 unspecified atom stereocenters. The molecule has 0 heterocycles. The van der Waals surface area contributed by atoms with Crippen LogP contribution in [0.25, 0.3) is 0 Å². The summed E-state index contributed by atoms with van der Waals surface area (Å²) in [5.74, 6) is -0.484. The second-order valence-electron chi connectivity index (χ2n) is 6.21. The number of phenolic OH excluding ortho intramolecular Hbond substituents is 1. The van der Waals surface area contributed by atoms with Crippen LogP contribution in [-0.2, 0) is 9.53 Å². The molecule has 2 N–H and O–H groups in total. The Balaban J connectivity index is 2.06. The first kappa shape index (κ1) is 19.3. The molecule has 2 aromatic rings. The van der Waals surface area contributed by atoms with Gasteiger partial charge in [0, 0.05) is 0 Å². The summed E-state index contributed by atoms with van der Waals surface area (Å²) in [6, 6.07) is 10.3. The van der Waals surface area contributed by atoms with Crippen molar-refractivity contribution < 1.29 is 24.2 Å². The summed E-state index contributed by atoms with van der Waals surface area (Å²) in [6.07, 6.45) is 0. The number of aromatic hydroxyl groups is 1. The number of benzene rings is 2. The van der Waals surface area contributed by atoms with Crippen LogP contribution in [0.5, 0.6) is 11.5 Å². The van der Waals surface area contributed by atoms with Crippen LogP contribution in [0.4, 0.5) is 5.69 Å². The minimum Gasteiger partial charge on any atom is -0.505 e. The van der Waals surface area contributed by atoms with Crippen LogP contribution in [0.2, 0.25) is 0 Å². The van der Waals surface area contributed by atoms with Gasteiger partial charge >= 0.3 is 5.97 Å². The highest BCUT2D eigenvalue weighted by Crippen LogP contribution is 2.28. The topological polar surface area (TPSA) is 84.9 Å². The lowest BCUT2D eigenvalue weighted by molar-refractivity contribution is -0.118. The fourth-order valence-corrected chi connectivity index (χ4v) is 2.38. The first-order chi connectivity index (χ1) is 12.3. The van der Waals surface area contributed by atoms with E-state index in [1.807, 2.05) is 25.1 Å². The maximum Gasteiger partial charge on any atom is 0.341 e. The molecule has 2 rings (SSSR count). The van der Waals surface area contributed by atoms with E-state index in [0.29, 0.717) is 11.7 Å². The highest BCUT2D eigenvalue weighted by atomic mass is 16.5. The van der Waals surface area contributed by atoms with E-state index in [0.717, 1.165) is 11.1 Å². The quantitative estimate of drug-likeness (QED) is 0.609. The summed E-state index contributed by atoms with van der Waals surface area (Å²) in [5.41, 5.74) is 2.15. The Morgan fingerprint density at radius 1 is 1.19 bits per heavy atom. The average molecular weight is 357 g/mol. The first-order valence-electron chi connectivity index (χ1n) is 8.27. The molecule has 6 heteroatoms. The van der Waals surface area contributed by atoms with Crippen LogP contribution in [0.15, 0.2) is 36.4 Å². The highest BCUT2D eigenvalue weighted by Gasteiger charge is 2.16. The van der Waals surface area contributed by atoms with E-state index in [1.54, 1.807) is 6.07 Å². The number of carbonyl (C=O) groups is 2. The summed E-state index contributed by atoms with van der Waals surface area (Å²) in [7, 11) is 1.22. The minimum atomic E-state index is -0.684. The number of methoxy groups -OCH3 is 1. The molecule has 0 radical (unpaired) electrons. The molecule has 0 fully saturated rings. The summed E-state index contributed by atoms with van der Waals surface area (Å²) in [4.78, 5) is 23.7. The third kappa shape index (κ3) is 4.53. The molecule has 0 aliphatic rings. The van der Waals surface area contributed by atoms with Crippen molar-refractivity contribution in [3.63, 3.8) is 0 Å². The largest absolute Gasteiger partial charge is 0.505 e. The number of rotatable bonds is 6. The zero-order valence-electron chi connectivity index (χ0n) is 15.3.